The van der Waals surface area contributed by atoms with Crippen molar-refractivity contribution in [1.82, 2.24) is 9.97 Å². The monoisotopic (exact) mass is 700 g/mol. The summed E-state index contributed by atoms with van der Waals surface area (Å²) < 4.78 is 37.0. The fraction of sp³-hybridized carbons (Fsp3) is 0.0303. The summed E-state index contributed by atoms with van der Waals surface area (Å²) in [5.74, 6) is 0. The average molecular weight is 701 g/mol. The fourth-order valence-corrected chi connectivity index (χ4v) is 8.15. The number of aryl methyl sites for hydroxylation is 1. The van der Waals surface area contributed by atoms with E-state index in [0.717, 1.165) is 26.4 Å². The van der Waals surface area contributed by atoms with E-state index in [1.54, 1.807) is 55.5 Å². The first kappa shape index (κ1) is 33.5. The third-order valence-corrected chi connectivity index (χ3v) is 10.5. The Labute approximate surface area is 302 Å². The molecular formula is C33H21N6NaO5S3. The number of nitrogens with one attached hydrogen (secondary N) is 2. The molecule has 0 aliphatic rings. The topological polar surface area (TPSA) is 166 Å². The summed E-state index contributed by atoms with van der Waals surface area (Å²) in [6, 6.07) is 27.9. The van der Waals surface area contributed by atoms with Crippen LogP contribution < -0.4 is 62.0 Å². The van der Waals surface area contributed by atoms with Gasteiger partial charge in [0.1, 0.15) is 25.5 Å². The van der Waals surface area contributed by atoms with Gasteiger partial charge in [0.05, 0.1) is 36.7 Å². The Bertz CT molecular complexity index is 2670. The van der Waals surface area contributed by atoms with Gasteiger partial charge in [0.25, 0.3) is 0 Å². The molecule has 0 bridgehead atoms. The summed E-state index contributed by atoms with van der Waals surface area (Å²) in [6.45, 7) is 1.60. The Hall–Kier alpha value is -4.41. The molecule has 2 aromatic heterocycles. The van der Waals surface area contributed by atoms with Crippen LogP contribution in [0.25, 0.3) is 41.6 Å². The second-order valence-electron chi connectivity index (χ2n) is 10.4. The van der Waals surface area contributed by atoms with Crippen molar-refractivity contribution >= 4 is 64.6 Å². The quantitative estimate of drug-likeness (QED) is 0.144. The molecule has 0 atom stereocenters. The number of thiazole rings is 2. The van der Waals surface area contributed by atoms with Crippen molar-refractivity contribution in [2.24, 2.45) is 10.2 Å². The fourth-order valence-electron chi connectivity index (χ4n) is 4.86. The van der Waals surface area contributed by atoms with Crippen molar-refractivity contribution in [2.45, 2.75) is 11.8 Å². The molecule has 0 saturated carbocycles. The van der Waals surface area contributed by atoms with Crippen LogP contribution in [0.3, 0.4) is 0 Å². The van der Waals surface area contributed by atoms with E-state index < -0.39 is 21.0 Å². The minimum absolute atomic E-state index is 0. The smallest absolute Gasteiger partial charge is 0.744 e. The normalized spacial score (nSPS) is 12.4. The van der Waals surface area contributed by atoms with E-state index in [-0.39, 0.29) is 45.2 Å². The minimum atomic E-state index is -4.66. The van der Waals surface area contributed by atoms with Crippen molar-refractivity contribution in [3.8, 4) is 21.1 Å². The van der Waals surface area contributed by atoms with Gasteiger partial charge in [0.15, 0.2) is 5.36 Å². The molecule has 0 saturated heterocycles. The number of rotatable bonds is 7. The molecule has 0 radical (unpaired) electrons. The zero-order valence-electron chi connectivity index (χ0n) is 25.3. The third-order valence-electron chi connectivity index (χ3n) is 7.18. The Balaban J connectivity index is 0.00000401. The molecule has 0 aliphatic heterocycles. The van der Waals surface area contributed by atoms with E-state index in [0.29, 0.717) is 32.2 Å². The van der Waals surface area contributed by atoms with Crippen LogP contribution in [-0.2, 0) is 10.1 Å². The molecule has 11 nitrogen and oxygen atoms in total. The van der Waals surface area contributed by atoms with E-state index in [9.17, 15) is 22.6 Å². The van der Waals surface area contributed by atoms with Crippen LogP contribution in [0.4, 0.5) is 11.4 Å². The Morgan fingerprint density at radius 3 is 2.12 bits per heavy atom. The summed E-state index contributed by atoms with van der Waals surface area (Å²) in [5.41, 5.74) is 9.03. The maximum Gasteiger partial charge on any atom is 1.00 e. The van der Waals surface area contributed by atoms with Crippen LogP contribution in [0.15, 0.2) is 122 Å². The van der Waals surface area contributed by atoms with Crippen molar-refractivity contribution < 1.29 is 42.5 Å². The predicted molar refractivity (Wildman–Crippen MR) is 183 cm³/mol. The van der Waals surface area contributed by atoms with Crippen molar-refractivity contribution in [3.05, 3.63) is 134 Å². The van der Waals surface area contributed by atoms with Crippen LogP contribution in [0.1, 0.15) is 5.56 Å². The number of hydrogen-bond acceptors (Lipinski definition) is 13. The second kappa shape index (κ2) is 13.6. The number of anilines is 2. The first-order valence-corrected chi connectivity index (χ1v) is 17.1. The van der Waals surface area contributed by atoms with Gasteiger partial charge >= 0.3 is 29.6 Å². The molecule has 15 heteroatoms. The molecule has 0 unspecified atom stereocenters. The molecule has 7 rings (SSSR count). The van der Waals surface area contributed by atoms with Gasteiger partial charge in [-0.3, -0.25) is 20.4 Å². The average Bonchev–Trinajstić information content (AvgIpc) is 3.68. The van der Waals surface area contributed by atoms with Crippen molar-refractivity contribution in [1.29, 1.82) is 0 Å². The number of hydrogen-bond donors (Lipinski definition) is 2. The summed E-state index contributed by atoms with van der Waals surface area (Å²) in [7, 11) is -4.66. The van der Waals surface area contributed by atoms with Gasteiger partial charge in [0.2, 0.25) is 10.9 Å². The summed E-state index contributed by atoms with van der Waals surface area (Å²) in [5, 5.41) is 9.35. The molecular weight excluding hydrogens is 680 g/mol. The second-order valence-corrected chi connectivity index (χ2v) is 13.7. The van der Waals surface area contributed by atoms with E-state index in [1.165, 1.54) is 34.8 Å². The van der Waals surface area contributed by atoms with Crippen LogP contribution in [0, 0.1) is 6.92 Å². The van der Waals surface area contributed by atoms with Crippen LogP contribution in [0.2, 0.25) is 0 Å². The molecule has 232 valence electrons. The zero-order valence-corrected chi connectivity index (χ0v) is 29.7. The molecule has 0 fully saturated rings. The zero-order chi connectivity index (χ0) is 32.7. The first-order valence-electron chi connectivity index (χ1n) is 14.0. The van der Waals surface area contributed by atoms with Gasteiger partial charge in [0, 0.05) is 11.1 Å². The number of aromatic nitrogens is 2. The number of fused-ring (bicyclic) bond motifs is 2. The van der Waals surface area contributed by atoms with Crippen LogP contribution in [-0.4, -0.2) is 22.9 Å². The van der Waals surface area contributed by atoms with Crippen molar-refractivity contribution in [3.63, 3.8) is 0 Å². The van der Waals surface area contributed by atoms with Crippen molar-refractivity contribution in [2.75, 3.05) is 10.9 Å². The number of para-hydroxylation sites is 1. The minimum Gasteiger partial charge on any atom is -0.744 e. The summed E-state index contributed by atoms with van der Waals surface area (Å²) >= 11 is 2.66. The Morgan fingerprint density at radius 1 is 0.729 bits per heavy atom. The molecule has 2 N–H and O–H groups in total. The first-order chi connectivity index (χ1) is 22.6. The van der Waals surface area contributed by atoms with Crippen LogP contribution >= 0.6 is 22.7 Å². The van der Waals surface area contributed by atoms with E-state index >= 15 is 0 Å². The molecule has 7 aromatic rings. The van der Waals surface area contributed by atoms with Gasteiger partial charge in [-0.05, 0) is 85.3 Å². The van der Waals surface area contributed by atoms with Gasteiger partial charge in [-0.2, -0.15) is 10.2 Å². The van der Waals surface area contributed by atoms with Gasteiger partial charge in [-0.1, -0.05) is 24.3 Å². The SMILES string of the molecule is Cc1ccc2nc(-c3ccc4nc(-c5ccc(NN=c6ccc(=O)c(=NNc7ccccc7)c6=O)cc5)sc4c3)sc2c1S(=O)(=O)[O-].[Na+]. The summed E-state index contributed by atoms with van der Waals surface area (Å²) in [4.78, 5) is 34.3. The van der Waals surface area contributed by atoms with Gasteiger partial charge in [-0.15, -0.1) is 22.7 Å². The molecule has 0 spiro atoms. The van der Waals surface area contributed by atoms with Crippen LogP contribution in [0.5, 0.6) is 0 Å². The van der Waals surface area contributed by atoms with E-state index in [2.05, 4.69) is 26.0 Å². The van der Waals surface area contributed by atoms with Gasteiger partial charge < -0.3 is 4.55 Å². The molecule has 2 heterocycles. The molecule has 0 amide bonds. The molecule has 5 aromatic carbocycles. The maximum atomic E-state index is 12.9. The Morgan fingerprint density at radius 2 is 1.38 bits per heavy atom. The van der Waals surface area contributed by atoms with E-state index in [4.69, 9.17) is 4.98 Å². The number of benzene rings is 5. The third kappa shape index (κ3) is 6.77. The largest absolute Gasteiger partial charge is 1.00 e. The number of nitrogens with zero attached hydrogens (tertiary/aromatic N) is 4. The van der Waals surface area contributed by atoms with Gasteiger partial charge in [-0.25, -0.2) is 18.4 Å². The van der Waals surface area contributed by atoms with E-state index in [1.807, 2.05) is 36.4 Å². The summed E-state index contributed by atoms with van der Waals surface area (Å²) in [6.07, 6.45) is 0. The predicted octanol–water partition coefficient (Wildman–Crippen LogP) is 1.91. The molecule has 0 aliphatic carbocycles. The Kier molecular flexibility index (Phi) is 9.49. The maximum absolute atomic E-state index is 12.9. The molecule has 48 heavy (non-hydrogen) atoms. The standard InChI is InChI=1S/C33H22N6O5S3.Na/c1-18-7-13-25-30(31(18)47(42,43)44)46-33(35-25)20-10-14-23-27(17-20)45-32(34-23)19-8-11-22(12-9-19)36-38-24-15-16-26(40)28(29(24)41)39-37-21-5-3-2-4-6-21;/h2-17,36-37H,1H3,(H,42,43,44);/q;+1/p-1.